The van der Waals surface area contributed by atoms with Gasteiger partial charge in [0.2, 0.25) is 5.89 Å². The second-order valence-corrected chi connectivity index (χ2v) is 5.11. The zero-order valence-electron chi connectivity index (χ0n) is 12.5. The van der Waals surface area contributed by atoms with E-state index in [0.29, 0.717) is 18.2 Å². The molecule has 0 aliphatic carbocycles. The Labute approximate surface area is 124 Å². The number of rotatable bonds is 6. The molecule has 5 heteroatoms. The largest absolute Gasteiger partial charge is 0.468 e. The van der Waals surface area contributed by atoms with E-state index in [0.717, 1.165) is 5.56 Å². The van der Waals surface area contributed by atoms with Crippen LogP contribution in [0.15, 0.2) is 40.9 Å². The maximum Gasteiger partial charge on any atom is 0.323 e. The summed E-state index contributed by atoms with van der Waals surface area (Å²) in [6.07, 6.45) is 1.69. The standard InChI is InChI=1S/C16H20N2O3/c1-11(2)15(16(19)20-3)18-10-14-17-9-13(21-14)12-7-5-4-6-8-12/h4-9,11,15,18H,10H2,1-3H3. The second kappa shape index (κ2) is 7.04. The quantitative estimate of drug-likeness (QED) is 0.828. The molecular weight excluding hydrogens is 268 g/mol. The fourth-order valence-corrected chi connectivity index (χ4v) is 2.04. The van der Waals surface area contributed by atoms with Crippen LogP contribution in [0.1, 0.15) is 19.7 Å². The third-order valence-electron chi connectivity index (χ3n) is 3.21. The van der Waals surface area contributed by atoms with E-state index in [2.05, 4.69) is 10.3 Å². The Hall–Kier alpha value is -2.14. The topological polar surface area (TPSA) is 64.4 Å². The summed E-state index contributed by atoms with van der Waals surface area (Å²) in [4.78, 5) is 15.9. The normalized spacial score (nSPS) is 12.4. The molecule has 0 aliphatic rings. The van der Waals surface area contributed by atoms with Crippen molar-refractivity contribution in [2.75, 3.05) is 7.11 Å². The lowest BCUT2D eigenvalue weighted by Crippen LogP contribution is -2.41. The van der Waals surface area contributed by atoms with Crippen LogP contribution in [0.2, 0.25) is 0 Å². The molecule has 21 heavy (non-hydrogen) atoms. The number of carbonyl (C=O) groups is 1. The van der Waals surface area contributed by atoms with Gasteiger partial charge in [0.15, 0.2) is 5.76 Å². The first-order chi connectivity index (χ1) is 10.1. The number of hydrogen-bond acceptors (Lipinski definition) is 5. The van der Waals surface area contributed by atoms with E-state index in [1.807, 2.05) is 44.2 Å². The Morgan fingerprint density at radius 3 is 2.67 bits per heavy atom. The smallest absolute Gasteiger partial charge is 0.323 e. The van der Waals surface area contributed by atoms with Crippen molar-refractivity contribution in [1.29, 1.82) is 0 Å². The van der Waals surface area contributed by atoms with Crippen LogP contribution in [-0.2, 0) is 16.1 Å². The molecule has 0 amide bonds. The molecule has 1 aromatic heterocycles. The molecule has 0 radical (unpaired) electrons. The predicted octanol–water partition coefficient (Wildman–Crippen LogP) is 2.63. The zero-order chi connectivity index (χ0) is 15.2. The minimum Gasteiger partial charge on any atom is -0.468 e. The molecule has 2 aromatic rings. The highest BCUT2D eigenvalue weighted by Crippen LogP contribution is 2.19. The van der Waals surface area contributed by atoms with Crippen molar-refractivity contribution >= 4 is 5.97 Å². The average molecular weight is 288 g/mol. The van der Waals surface area contributed by atoms with Crippen molar-refractivity contribution in [2.24, 2.45) is 5.92 Å². The summed E-state index contributed by atoms with van der Waals surface area (Å²) in [6.45, 7) is 4.30. The van der Waals surface area contributed by atoms with Gasteiger partial charge in [-0.25, -0.2) is 4.98 Å². The summed E-state index contributed by atoms with van der Waals surface area (Å²) in [5.74, 6) is 1.11. The maximum absolute atomic E-state index is 11.7. The van der Waals surface area contributed by atoms with Gasteiger partial charge >= 0.3 is 5.97 Å². The summed E-state index contributed by atoms with van der Waals surface area (Å²) in [6, 6.07) is 9.39. The molecule has 2 rings (SSSR count). The monoisotopic (exact) mass is 288 g/mol. The first-order valence-corrected chi connectivity index (χ1v) is 6.93. The number of ether oxygens (including phenoxy) is 1. The summed E-state index contributed by atoms with van der Waals surface area (Å²) < 4.78 is 10.5. The highest BCUT2D eigenvalue weighted by molar-refractivity contribution is 5.75. The number of nitrogens with zero attached hydrogens (tertiary/aromatic N) is 1. The van der Waals surface area contributed by atoms with Crippen LogP contribution in [0, 0.1) is 5.92 Å². The van der Waals surface area contributed by atoms with Gasteiger partial charge < -0.3 is 9.15 Å². The van der Waals surface area contributed by atoms with Crippen LogP contribution in [0.4, 0.5) is 0 Å². The Balaban J connectivity index is 2.01. The molecule has 5 nitrogen and oxygen atoms in total. The van der Waals surface area contributed by atoms with E-state index < -0.39 is 0 Å². The molecule has 0 saturated carbocycles. The van der Waals surface area contributed by atoms with Crippen molar-refractivity contribution in [3.05, 3.63) is 42.4 Å². The van der Waals surface area contributed by atoms with E-state index in [4.69, 9.17) is 9.15 Å². The van der Waals surface area contributed by atoms with Crippen LogP contribution in [0.3, 0.4) is 0 Å². The van der Waals surface area contributed by atoms with Crippen molar-refractivity contribution in [1.82, 2.24) is 10.3 Å². The average Bonchev–Trinajstić information content (AvgIpc) is 2.96. The molecule has 0 spiro atoms. The van der Waals surface area contributed by atoms with Crippen LogP contribution in [0.25, 0.3) is 11.3 Å². The fraction of sp³-hybridized carbons (Fsp3) is 0.375. The molecule has 1 N–H and O–H groups in total. The number of aromatic nitrogens is 1. The summed E-state index contributed by atoms with van der Waals surface area (Å²) in [7, 11) is 1.39. The van der Waals surface area contributed by atoms with E-state index >= 15 is 0 Å². The van der Waals surface area contributed by atoms with Gasteiger partial charge in [-0.1, -0.05) is 44.2 Å². The van der Waals surface area contributed by atoms with Crippen LogP contribution in [-0.4, -0.2) is 24.1 Å². The third-order valence-corrected chi connectivity index (χ3v) is 3.21. The van der Waals surface area contributed by atoms with Gasteiger partial charge in [0.05, 0.1) is 19.9 Å². The maximum atomic E-state index is 11.7. The molecule has 1 aromatic carbocycles. The van der Waals surface area contributed by atoms with Crippen molar-refractivity contribution in [2.45, 2.75) is 26.4 Å². The zero-order valence-corrected chi connectivity index (χ0v) is 12.5. The fourth-order valence-electron chi connectivity index (χ4n) is 2.04. The van der Waals surface area contributed by atoms with E-state index in [-0.39, 0.29) is 17.9 Å². The van der Waals surface area contributed by atoms with Gasteiger partial charge in [0.25, 0.3) is 0 Å². The number of oxazole rings is 1. The molecule has 1 atom stereocenters. The molecule has 1 unspecified atom stereocenters. The van der Waals surface area contributed by atoms with Gasteiger partial charge in [-0.3, -0.25) is 10.1 Å². The SMILES string of the molecule is COC(=O)C(NCc1ncc(-c2ccccc2)o1)C(C)C. The predicted molar refractivity (Wildman–Crippen MR) is 79.4 cm³/mol. The van der Waals surface area contributed by atoms with Crippen molar-refractivity contribution in [3.63, 3.8) is 0 Å². The van der Waals surface area contributed by atoms with E-state index in [9.17, 15) is 4.79 Å². The highest BCUT2D eigenvalue weighted by Gasteiger charge is 2.22. The molecular formula is C16H20N2O3. The Morgan fingerprint density at radius 2 is 2.05 bits per heavy atom. The lowest BCUT2D eigenvalue weighted by Gasteiger charge is -2.18. The molecule has 0 bridgehead atoms. The van der Waals surface area contributed by atoms with Crippen molar-refractivity contribution < 1.29 is 13.9 Å². The number of nitrogens with one attached hydrogen (secondary N) is 1. The highest BCUT2D eigenvalue weighted by atomic mass is 16.5. The first kappa shape index (κ1) is 15.3. The van der Waals surface area contributed by atoms with Crippen molar-refractivity contribution in [3.8, 4) is 11.3 Å². The minimum atomic E-state index is -0.373. The number of carbonyl (C=O) groups excluding carboxylic acids is 1. The van der Waals surface area contributed by atoms with Gasteiger partial charge in [0, 0.05) is 5.56 Å². The summed E-state index contributed by atoms with van der Waals surface area (Å²) >= 11 is 0. The Kier molecular flexibility index (Phi) is 5.11. The molecule has 112 valence electrons. The number of benzene rings is 1. The summed E-state index contributed by atoms with van der Waals surface area (Å²) in [5, 5.41) is 3.12. The lowest BCUT2D eigenvalue weighted by molar-refractivity contribution is -0.144. The molecule has 1 heterocycles. The Bertz CT molecular complexity index is 578. The number of esters is 1. The number of methoxy groups -OCH3 is 1. The van der Waals surface area contributed by atoms with Crippen LogP contribution in [0.5, 0.6) is 0 Å². The van der Waals surface area contributed by atoms with Gasteiger partial charge in [-0.15, -0.1) is 0 Å². The van der Waals surface area contributed by atoms with Gasteiger partial charge in [-0.2, -0.15) is 0 Å². The van der Waals surface area contributed by atoms with Gasteiger partial charge in [0.1, 0.15) is 6.04 Å². The van der Waals surface area contributed by atoms with Gasteiger partial charge in [-0.05, 0) is 5.92 Å². The molecule has 0 saturated heterocycles. The molecule has 0 aliphatic heterocycles. The minimum absolute atomic E-state index is 0.126. The van der Waals surface area contributed by atoms with E-state index in [1.165, 1.54) is 7.11 Å². The lowest BCUT2D eigenvalue weighted by atomic mass is 10.1. The number of hydrogen-bond donors (Lipinski definition) is 1. The van der Waals surface area contributed by atoms with Crippen LogP contribution >= 0.6 is 0 Å². The first-order valence-electron chi connectivity index (χ1n) is 6.93. The van der Waals surface area contributed by atoms with E-state index in [1.54, 1.807) is 6.20 Å². The summed E-state index contributed by atoms with van der Waals surface area (Å²) in [5.41, 5.74) is 0.977. The van der Waals surface area contributed by atoms with Crippen LogP contribution < -0.4 is 5.32 Å². The Morgan fingerprint density at radius 1 is 1.33 bits per heavy atom. The molecule has 0 fully saturated rings. The second-order valence-electron chi connectivity index (χ2n) is 5.11. The third kappa shape index (κ3) is 3.92.